The third-order valence-electron chi connectivity index (χ3n) is 6.57. The first-order valence-electron chi connectivity index (χ1n) is 13.1. The van der Waals surface area contributed by atoms with Crippen LogP contribution < -0.4 is 16.0 Å². The summed E-state index contributed by atoms with van der Waals surface area (Å²) >= 11 is 6.09. The summed E-state index contributed by atoms with van der Waals surface area (Å²) < 4.78 is 0. The van der Waals surface area contributed by atoms with Crippen molar-refractivity contribution in [1.29, 1.82) is 0 Å². The highest BCUT2D eigenvalue weighted by molar-refractivity contribution is 6.31. The van der Waals surface area contributed by atoms with E-state index in [1.54, 1.807) is 6.20 Å². The molecule has 0 bridgehead atoms. The van der Waals surface area contributed by atoms with E-state index in [1.165, 1.54) is 0 Å². The molecule has 9 heteroatoms. The zero-order chi connectivity index (χ0) is 26.3. The van der Waals surface area contributed by atoms with Gasteiger partial charge < -0.3 is 20.9 Å². The summed E-state index contributed by atoms with van der Waals surface area (Å²) in [5, 5.41) is 11.9. The Balaban J connectivity index is 1.09. The van der Waals surface area contributed by atoms with E-state index in [9.17, 15) is 4.79 Å². The topological polar surface area (TPSA) is 95.1 Å². The first kappa shape index (κ1) is 25.7. The summed E-state index contributed by atoms with van der Waals surface area (Å²) in [6.45, 7) is 5.30. The van der Waals surface area contributed by atoms with Crippen molar-refractivity contribution in [1.82, 2.24) is 19.9 Å². The quantitative estimate of drug-likeness (QED) is 0.208. The number of unbranched alkanes of at least 4 members (excludes halogenated alkanes) is 1. The minimum atomic E-state index is 0.0987. The number of hydrogen-bond acceptors (Lipinski definition) is 7. The van der Waals surface area contributed by atoms with Gasteiger partial charge in [0.05, 0.1) is 5.52 Å². The van der Waals surface area contributed by atoms with Crippen LogP contribution in [0.25, 0.3) is 10.9 Å². The van der Waals surface area contributed by atoms with Crippen molar-refractivity contribution in [3.63, 3.8) is 0 Å². The van der Waals surface area contributed by atoms with Crippen molar-refractivity contribution in [2.24, 2.45) is 0 Å². The van der Waals surface area contributed by atoms with Gasteiger partial charge in [0, 0.05) is 71.5 Å². The van der Waals surface area contributed by atoms with Gasteiger partial charge >= 0.3 is 0 Å². The number of likely N-dealkylation sites (tertiary alicyclic amines) is 1. The summed E-state index contributed by atoms with van der Waals surface area (Å²) in [5.74, 6) is 1.41. The maximum absolute atomic E-state index is 12.6. The zero-order valence-electron chi connectivity index (χ0n) is 21.5. The molecule has 2 aromatic heterocycles. The molecule has 4 aromatic rings. The summed E-state index contributed by atoms with van der Waals surface area (Å²) in [6.07, 6.45) is 5.96. The molecule has 0 atom stereocenters. The second-order valence-corrected chi connectivity index (χ2v) is 9.94. The van der Waals surface area contributed by atoms with E-state index in [-0.39, 0.29) is 5.91 Å². The van der Waals surface area contributed by atoms with E-state index in [2.05, 4.69) is 30.9 Å². The molecule has 2 aromatic carbocycles. The standard InChI is InChI=1S/C29H32ClN7O/c1-20-18-27(33-14-3-2-13-31-25-12-15-32-26-19-22(30)8-11-24(25)26)36-29(34-20)35-23-9-6-21(7-10-23)28(38)37-16-4-5-17-37/h6-12,15,18-19H,2-5,13-14,16-17H2,1H3,(H,31,32)(H2,33,34,35,36). The number of carbonyl (C=O) groups excluding carboxylic acids is 1. The number of anilines is 4. The number of nitrogens with zero attached hydrogens (tertiary/aromatic N) is 4. The summed E-state index contributed by atoms with van der Waals surface area (Å²) in [6, 6.07) is 17.2. The number of amides is 1. The fraction of sp³-hybridized carbons (Fsp3) is 0.310. The second-order valence-electron chi connectivity index (χ2n) is 9.50. The lowest BCUT2D eigenvalue weighted by molar-refractivity contribution is 0.0793. The van der Waals surface area contributed by atoms with Crippen LogP contribution in [0.4, 0.5) is 23.1 Å². The molecule has 0 radical (unpaired) electrons. The number of carbonyl (C=O) groups is 1. The van der Waals surface area contributed by atoms with Gasteiger partial charge in [-0.1, -0.05) is 11.6 Å². The Hall–Kier alpha value is -3.91. The molecule has 0 saturated carbocycles. The molecule has 3 heterocycles. The van der Waals surface area contributed by atoms with E-state index < -0.39 is 0 Å². The van der Waals surface area contributed by atoms with Crippen molar-refractivity contribution in [2.45, 2.75) is 32.6 Å². The average molecular weight is 530 g/mol. The molecule has 1 aliphatic heterocycles. The molecule has 5 rings (SSSR count). The zero-order valence-corrected chi connectivity index (χ0v) is 22.3. The third kappa shape index (κ3) is 6.50. The molecule has 38 heavy (non-hydrogen) atoms. The molecule has 0 spiro atoms. The van der Waals surface area contributed by atoms with Gasteiger partial charge in [-0.2, -0.15) is 4.98 Å². The fourth-order valence-electron chi connectivity index (χ4n) is 4.61. The molecular weight excluding hydrogens is 498 g/mol. The minimum absolute atomic E-state index is 0.0987. The lowest BCUT2D eigenvalue weighted by Gasteiger charge is -2.15. The molecule has 1 aliphatic rings. The Kier molecular flexibility index (Phi) is 8.19. The fourth-order valence-corrected chi connectivity index (χ4v) is 4.77. The Morgan fingerprint density at radius 3 is 2.50 bits per heavy atom. The van der Waals surface area contributed by atoms with Crippen LogP contribution in [-0.4, -0.2) is 51.9 Å². The number of rotatable bonds is 10. The van der Waals surface area contributed by atoms with Crippen molar-refractivity contribution >= 4 is 51.6 Å². The number of nitrogens with one attached hydrogen (secondary N) is 3. The molecule has 0 unspecified atom stereocenters. The molecular formula is C29H32ClN7O. The van der Waals surface area contributed by atoms with E-state index in [0.717, 1.165) is 85.7 Å². The highest BCUT2D eigenvalue weighted by Crippen LogP contribution is 2.24. The van der Waals surface area contributed by atoms with Crippen LogP contribution in [0.5, 0.6) is 0 Å². The van der Waals surface area contributed by atoms with Crippen molar-refractivity contribution in [3.8, 4) is 0 Å². The molecule has 3 N–H and O–H groups in total. The van der Waals surface area contributed by atoms with Crippen molar-refractivity contribution in [2.75, 3.05) is 42.1 Å². The highest BCUT2D eigenvalue weighted by Gasteiger charge is 2.19. The van der Waals surface area contributed by atoms with Gasteiger partial charge in [0.2, 0.25) is 5.95 Å². The summed E-state index contributed by atoms with van der Waals surface area (Å²) in [5.41, 5.74) is 4.38. The largest absolute Gasteiger partial charge is 0.384 e. The van der Waals surface area contributed by atoms with E-state index in [0.29, 0.717) is 16.5 Å². The predicted molar refractivity (Wildman–Crippen MR) is 155 cm³/mol. The van der Waals surface area contributed by atoms with Crippen LogP contribution in [0.15, 0.2) is 60.8 Å². The second kappa shape index (κ2) is 12.1. The number of aromatic nitrogens is 3. The van der Waals surface area contributed by atoms with Gasteiger partial charge in [-0.15, -0.1) is 0 Å². The molecule has 8 nitrogen and oxygen atoms in total. The average Bonchev–Trinajstić information content (AvgIpc) is 3.45. The Morgan fingerprint density at radius 1 is 0.947 bits per heavy atom. The minimum Gasteiger partial charge on any atom is -0.384 e. The number of halogens is 1. The maximum atomic E-state index is 12.6. The van der Waals surface area contributed by atoms with Gasteiger partial charge in [-0.05, 0) is 81.1 Å². The first-order valence-corrected chi connectivity index (χ1v) is 13.5. The monoisotopic (exact) mass is 529 g/mol. The van der Waals surface area contributed by atoms with Crippen LogP contribution in [0.2, 0.25) is 5.02 Å². The summed E-state index contributed by atoms with van der Waals surface area (Å²) in [7, 11) is 0. The van der Waals surface area contributed by atoms with Gasteiger partial charge in [-0.3, -0.25) is 9.78 Å². The molecule has 196 valence electrons. The van der Waals surface area contributed by atoms with Gasteiger partial charge in [0.25, 0.3) is 5.91 Å². The Morgan fingerprint density at radius 2 is 1.71 bits per heavy atom. The Labute approximate surface area is 227 Å². The van der Waals surface area contributed by atoms with Gasteiger partial charge in [0.15, 0.2) is 0 Å². The number of hydrogen-bond donors (Lipinski definition) is 3. The van der Waals surface area contributed by atoms with Crippen molar-refractivity contribution < 1.29 is 4.79 Å². The van der Waals surface area contributed by atoms with Crippen molar-refractivity contribution in [3.05, 3.63) is 77.1 Å². The number of fused-ring (bicyclic) bond motifs is 1. The molecule has 1 fully saturated rings. The highest BCUT2D eigenvalue weighted by atomic mass is 35.5. The van der Waals surface area contributed by atoms with Crippen LogP contribution >= 0.6 is 11.6 Å². The third-order valence-corrected chi connectivity index (χ3v) is 6.80. The Bertz CT molecular complexity index is 1400. The van der Waals surface area contributed by atoms with Crippen LogP contribution in [0.3, 0.4) is 0 Å². The van der Waals surface area contributed by atoms with Gasteiger partial charge in [-0.25, -0.2) is 4.98 Å². The number of aryl methyl sites for hydroxylation is 1. The molecule has 0 aliphatic carbocycles. The lowest BCUT2D eigenvalue weighted by atomic mass is 10.2. The van der Waals surface area contributed by atoms with Crippen LogP contribution in [0, 0.1) is 6.92 Å². The maximum Gasteiger partial charge on any atom is 0.253 e. The van der Waals surface area contributed by atoms with E-state index in [1.807, 2.05) is 66.4 Å². The summed E-state index contributed by atoms with van der Waals surface area (Å²) in [4.78, 5) is 28.0. The van der Waals surface area contributed by atoms with Crippen LogP contribution in [-0.2, 0) is 0 Å². The van der Waals surface area contributed by atoms with Crippen LogP contribution in [0.1, 0.15) is 41.7 Å². The molecule has 1 saturated heterocycles. The number of benzene rings is 2. The molecule has 1 amide bonds. The number of pyridine rings is 1. The SMILES string of the molecule is Cc1cc(NCCCCNc2ccnc3cc(Cl)ccc23)nc(Nc2ccc(C(=O)N3CCCC3)cc2)n1. The first-order chi connectivity index (χ1) is 18.5. The van der Waals surface area contributed by atoms with Gasteiger partial charge in [0.1, 0.15) is 5.82 Å². The normalized spacial score (nSPS) is 13.1. The van der Waals surface area contributed by atoms with E-state index in [4.69, 9.17) is 11.6 Å². The van der Waals surface area contributed by atoms with E-state index >= 15 is 0 Å². The smallest absolute Gasteiger partial charge is 0.253 e. The predicted octanol–water partition coefficient (Wildman–Crippen LogP) is 6.27. The lowest BCUT2D eigenvalue weighted by Crippen LogP contribution is -2.27.